The molecule has 0 bridgehead atoms. The minimum Gasteiger partial charge on any atom is -0.481 e. The summed E-state index contributed by atoms with van der Waals surface area (Å²) in [7, 11) is 1.61. The molecule has 1 N–H and O–H groups in total. The molecule has 3 rings (SSSR count). The van der Waals surface area contributed by atoms with Crippen LogP contribution in [-0.4, -0.2) is 22.3 Å². The number of hydrogen-bond acceptors (Lipinski definition) is 3. The van der Waals surface area contributed by atoms with Gasteiger partial charge in [0.2, 0.25) is 5.88 Å². The maximum atomic E-state index is 5.11. The molecule has 3 aromatic rings. The first-order valence-electron chi connectivity index (χ1n) is 6.81. The van der Waals surface area contributed by atoms with Crippen molar-refractivity contribution in [3.8, 4) is 28.3 Å². The van der Waals surface area contributed by atoms with Crippen LogP contribution in [0, 0.1) is 13.8 Å². The Morgan fingerprint density at radius 3 is 2.57 bits per heavy atom. The van der Waals surface area contributed by atoms with Crippen molar-refractivity contribution in [2.75, 3.05) is 7.11 Å². The zero-order chi connectivity index (χ0) is 14.8. The second-order valence-electron chi connectivity index (χ2n) is 5.03. The minimum absolute atomic E-state index is 0.608. The Bertz CT molecular complexity index is 760. The number of nitrogens with one attached hydrogen (secondary N) is 1. The molecular formula is C17H17N3O. The number of aromatic nitrogens is 3. The van der Waals surface area contributed by atoms with Crippen molar-refractivity contribution in [2.45, 2.75) is 13.8 Å². The van der Waals surface area contributed by atoms with Crippen LogP contribution in [0.15, 0.2) is 42.6 Å². The molecule has 21 heavy (non-hydrogen) atoms. The smallest absolute Gasteiger partial charge is 0.212 e. The number of pyridine rings is 1. The molecule has 0 unspecified atom stereocenters. The van der Waals surface area contributed by atoms with Gasteiger partial charge >= 0.3 is 0 Å². The Kier molecular flexibility index (Phi) is 3.44. The molecule has 1 aromatic carbocycles. The van der Waals surface area contributed by atoms with Crippen molar-refractivity contribution < 1.29 is 4.74 Å². The SMILES string of the molecule is COc1ccc(-c2c(-c3cccc(C)c3)n[nH]c2C)cn1. The largest absolute Gasteiger partial charge is 0.481 e. The Morgan fingerprint density at radius 2 is 1.90 bits per heavy atom. The van der Waals surface area contributed by atoms with Crippen molar-refractivity contribution in [1.29, 1.82) is 0 Å². The maximum Gasteiger partial charge on any atom is 0.212 e. The van der Waals surface area contributed by atoms with Gasteiger partial charge in [0, 0.05) is 34.6 Å². The fraction of sp³-hybridized carbons (Fsp3) is 0.176. The van der Waals surface area contributed by atoms with Gasteiger partial charge in [0.15, 0.2) is 0 Å². The van der Waals surface area contributed by atoms with Crippen LogP contribution in [0.4, 0.5) is 0 Å². The first-order valence-corrected chi connectivity index (χ1v) is 6.81. The summed E-state index contributed by atoms with van der Waals surface area (Å²) >= 11 is 0. The van der Waals surface area contributed by atoms with Gasteiger partial charge in [0.1, 0.15) is 5.69 Å². The van der Waals surface area contributed by atoms with Crippen LogP contribution in [0.3, 0.4) is 0 Å². The van der Waals surface area contributed by atoms with Gasteiger partial charge in [-0.1, -0.05) is 23.8 Å². The van der Waals surface area contributed by atoms with Gasteiger partial charge in [-0.3, -0.25) is 5.10 Å². The van der Waals surface area contributed by atoms with E-state index in [2.05, 4.69) is 40.3 Å². The van der Waals surface area contributed by atoms with Crippen LogP contribution in [-0.2, 0) is 0 Å². The van der Waals surface area contributed by atoms with Crippen molar-refractivity contribution in [3.63, 3.8) is 0 Å². The van der Waals surface area contributed by atoms with E-state index in [0.29, 0.717) is 5.88 Å². The minimum atomic E-state index is 0.608. The summed E-state index contributed by atoms with van der Waals surface area (Å²) in [6.45, 7) is 4.10. The van der Waals surface area contributed by atoms with Gasteiger partial charge in [0.25, 0.3) is 0 Å². The fourth-order valence-electron chi connectivity index (χ4n) is 2.43. The molecule has 106 valence electrons. The maximum absolute atomic E-state index is 5.11. The fourth-order valence-corrected chi connectivity index (χ4v) is 2.43. The van der Waals surface area contributed by atoms with E-state index in [1.54, 1.807) is 7.11 Å². The number of aromatic amines is 1. The van der Waals surface area contributed by atoms with Gasteiger partial charge in [-0.25, -0.2) is 4.98 Å². The summed E-state index contributed by atoms with van der Waals surface area (Å²) in [5.74, 6) is 0.608. The van der Waals surface area contributed by atoms with Crippen LogP contribution < -0.4 is 4.74 Å². The number of methoxy groups -OCH3 is 1. The lowest BCUT2D eigenvalue weighted by molar-refractivity contribution is 0.398. The van der Waals surface area contributed by atoms with E-state index in [4.69, 9.17) is 4.74 Å². The van der Waals surface area contributed by atoms with Crippen LogP contribution in [0.2, 0.25) is 0 Å². The number of hydrogen-bond donors (Lipinski definition) is 1. The summed E-state index contributed by atoms with van der Waals surface area (Å²) in [6.07, 6.45) is 1.82. The summed E-state index contributed by atoms with van der Waals surface area (Å²) in [4.78, 5) is 4.28. The molecule has 0 aliphatic heterocycles. The van der Waals surface area contributed by atoms with E-state index in [1.807, 2.05) is 31.3 Å². The average Bonchev–Trinajstić information content (AvgIpc) is 2.89. The van der Waals surface area contributed by atoms with Crippen molar-refractivity contribution >= 4 is 0 Å². The third-order valence-electron chi connectivity index (χ3n) is 3.47. The molecule has 0 fully saturated rings. The highest BCUT2D eigenvalue weighted by atomic mass is 16.5. The third kappa shape index (κ3) is 2.52. The molecule has 4 heteroatoms. The summed E-state index contributed by atoms with van der Waals surface area (Å²) in [5, 5.41) is 7.54. The van der Waals surface area contributed by atoms with E-state index < -0.39 is 0 Å². The Labute approximate surface area is 123 Å². The second-order valence-corrected chi connectivity index (χ2v) is 5.03. The van der Waals surface area contributed by atoms with Crippen molar-refractivity contribution in [2.24, 2.45) is 0 Å². The normalized spacial score (nSPS) is 10.6. The molecule has 0 atom stereocenters. The summed E-state index contributed by atoms with van der Waals surface area (Å²) in [6, 6.07) is 12.2. The van der Waals surface area contributed by atoms with Gasteiger partial charge in [0.05, 0.1) is 7.11 Å². The average molecular weight is 279 g/mol. The standard InChI is InChI=1S/C17H17N3O/c1-11-5-4-6-13(9-11)17-16(12(2)19-20-17)14-7-8-15(21-3)18-10-14/h4-10H,1-3H3,(H,19,20). The van der Waals surface area contributed by atoms with E-state index in [9.17, 15) is 0 Å². The number of ether oxygens (including phenoxy) is 1. The quantitative estimate of drug-likeness (QED) is 0.794. The lowest BCUT2D eigenvalue weighted by Gasteiger charge is -2.06. The van der Waals surface area contributed by atoms with E-state index in [0.717, 1.165) is 28.1 Å². The highest BCUT2D eigenvalue weighted by Gasteiger charge is 2.14. The highest BCUT2D eigenvalue weighted by molar-refractivity contribution is 5.82. The van der Waals surface area contributed by atoms with Crippen molar-refractivity contribution in [1.82, 2.24) is 15.2 Å². The van der Waals surface area contributed by atoms with Gasteiger partial charge in [-0.2, -0.15) is 5.10 Å². The number of rotatable bonds is 3. The number of aryl methyl sites for hydroxylation is 2. The van der Waals surface area contributed by atoms with Gasteiger partial charge in [-0.15, -0.1) is 0 Å². The van der Waals surface area contributed by atoms with E-state index in [-0.39, 0.29) is 0 Å². The Morgan fingerprint density at radius 1 is 1.05 bits per heavy atom. The molecule has 0 amide bonds. The molecule has 2 heterocycles. The first kappa shape index (κ1) is 13.4. The predicted molar refractivity (Wildman–Crippen MR) is 83.3 cm³/mol. The Hall–Kier alpha value is -2.62. The zero-order valence-corrected chi connectivity index (χ0v) is 12.3. The lowest BCUT2D eigenvalue weighted by atomic mass is 9.99. The molecule has 0 spiro atoms. The second kappa shape index (κ2) is 5.40. The van der Waals surface area contributed by atoms with Gasteiger partial charge in [-0.05, 0) is 26.0 Å². The van der Waals surface area contributed by atoms with Crippen LogP contribution in [0.25, 0.3) is 22.4 Å². The monoisotopic (exact) mass is 279 g/mol. The van der Waals surface area contributed by atoms with E-state index in [1.165, 1.54) is 5.56 Å². The van der Waals surface area contributed by atoms with Gasteiger partial charge < -0.3 is 4.74 Å². The third-order valence-corrected chi connectivity index (χ3v) is 3.47. The first-order chi connectivity index (χ1) is 10.2. The van der Waals surface area contributed by atoms with Crippen LogP contribution >= 0.6 is 0 Å². The zero-order valence-electron chi connectivity index (χ0n) is 12.3. The Balaban J connectivity index is 2.12. The molecule has 4 nitrogen and oxygen atoms in total. The molecular weight excluding hydrogens is 262 g/mol. The highest BCUT2D eigenvalue weighted by Crippen LogP contribution is 2.33. The summed E-state index contributed by atoms with van der Waals surface area (Å²) < 4.78 is 5.11. The number of nitrogens with zero attached hydrogens (tertiary/aromatic N) is 2. The molecule has 0 saturated carbocycles. The molecule has 0 saturated heterocycles. The van der Waals surface area contributed by atoms with Crippen LogP contribution in [0.5, 0.6) is 5.88 Å². The molecule has 0 aliphatic carbocycles. The van der Waals surface area contributed by atoms with Crippen molar-refractivity contribution in [3.05, 3.63) is 53.9 Å². The molecule has 2 aromatic heterocycles. The predicted octanol–water partition coefficient (Wildman–Crippen LogP) is 3.76. The lowest BCUT2D eigenvalue weighted by Crippen LogP contribution is -1.89. The molecule has 0 aliphatic rings. The van der Waals surface area contributed by atoms with Crippen LogP contribution in [0.1, 0.15) is 11.3 Å². The van der Waals surface area contributed by atoms with E-state index >= 15 is 0 Å². The number of benzene rings is 1. The topological polar surface area (TPSA) is 50.8 Å². The number of H-pyrrole nitrogens is 1. The summed E-state index contributed by atoms with van der Waals surface area (Å²) in [5.41, 5.74) is 6.40. The molecule has 0 radical (unpaired) electrons.